The van der Waals surface area contributed by atoms with Gasteiger partial charge in [0.25, 0.3) is 10.0 Å². The molecule has 0 spiro atoms. The molecule has 0 aliphatic heterocycles. The third kappa shape index (κ3) is 3.82. The first kappa shape index (κ1) is 16.0. The number of hydrogen-bond acceptors (Lipinski definition) is 4. The van der Waals surface area contributed by atoms with Gasteiger partial charge in [-0.1, -0.05) is 22.0 Å². The number of aliphatic hydroxyl groups is 2. The number of anilines is 1. The maximum atomic E-state index is 12.2. The molecular weight excluding hydrogens is 358 g/mol. The van der Waals surface area contributed by atoms with Crippen LogP contribution in [0.5, 0.6) is 0 Å². The molecule has 0 aliphatic carbocycles. The molecule has 0 radical (unpaired) electrons. The largest absolute Gasteiger partial charge is 0.392 e. The molecule has 7 heteroatoms. The van der Waals surface area contributed by atoms with Gasteiger partial charge in [-0.15, -0.1) is 0 Å². The number of rotatable bonds is 5. The summed E-state index contributed by atoms with van der Waals surface area (Å²) >= 11 is 3.25. The zero-order valence-corrected chi connectivity index (χ0v) is 13.4. The molecule has 0 bridgehead atoms. The minimum atomic E-state index is -3.69. The third-order valence-corrected chi connectivity index (χ3v) is 4.85. The summed E-state index contributed by atoms with van der Waals surface area (Å²) < 4.78 is 27.7. The van der Waals surface area contributed by atoms with Crippen molar-refractivity contribution >= 4 is 31.6 Å². The molecule has 0 amide bonds. The van der Waals surface area contributed by atoms with E-state index in [1.807, 2.05) is 0 Å². The quantitative estimate of drug-likeness (QED) is 0.751. The summed E-state index contributed by atoms with van der Waals surface area (Å²) in [7, 11) is -3.69. The maximum absolute atomic E-state index is 12.2. The van der Waals surface area contributed by atoms with Crippen LogP contribution in [0.25, 0.3) is 0 Å². The standard InChI is InChI=1S/C14H14BrNO4S/c15-12-2-5-14(6-3-12)21(19,20)16-13-4-1-10(8-17)11(7-13)9-18/h1-7,16-18H,8-9H2. The van der Waals surface area contributed by atoms with Crippen molar-refractivity contribution in [1.82, 2.24) is 0 Å². The monoisotopic (exact) mass is 371 g/mol. The number of sulfonamides is 1. The smallest absolute Gasteiger partial charge is 0.261 e. The average Bonchev–Trinajstić information content (AvgIpc) is 2.47. The Morgan fingerprint density at radius 3 is 2.14 bits per heavy atom. The normalized spacial score (nSPS) is 11.4. The molecule has 0 aromatic heterocycles. The van der Waals surface area contributed by atoms with Crippen LogP contribution in [0.2, 0.25) is 0 Å². The molecule has 2 aromatic rings. The van der Waals surface area contributed by atoms with Gasteiger partial charge < -0.3 is 10.2 Å². The SMILES string of the molecule is O=S(=O)(Nc1ccc(CO)c(CO)c1)c1ccc(Br)cc1. The third-order valence-electron chi connectivity index (χ3n) is 2.92. The minimum Gasteiger partial charge on any atom is -0.392 e. The first-order valence-corrected chi connectivity index (χ1v) is 8.36. The summed E-state index contributed by atoms with van der Waals surface area (Å²) in [4.78, 5) is 0.141. The lowest BCUT2D eigenvalue weighted by Crippen LogP contribution is -2.13. The topological polar surface area (TPSA) is 86.6 Å². The fourth-order valence-electron chi connectivity index (χ4n) is 1.82. The van der Waals surface area contributed by atoms with Crippen molar-refractivity contribution in [3.63, 3.8) is 0 Å². The van der Waals surface area contributed by atoms with Gasteiger partial charge in [-0.05, 0) is 47.5 Å². The van der Waals surface area contributed by atoms with Gasteiger partial charge in [0.1, 0.15) is 0 Å². The summed E-state index contributed by atoms with van der Waals surface area (Å²) in [6.07, 6.45) is 0. The van der Waals surface area contributed by atoms with Crippen molar-refractivity contribution in [2.75, 3.05) is 4.72 Å². The van der Waals surface area contributed by atoms with E-state index in [9.17, 15) is 13.5 Å². The highest BCUT2D eigenvalue weighted by molar-refractivity contribution is 9.10. The van der Waals surface area contributed by atoms with Crippen LogP contribution >= 0.6 is 15.9 Å². The summed E-state index contributed by atoms with van der Waals surface area (Å²) in [5.41, 5.74) is 1.37. The van der Waals surface area contributed by atoms with Crippen LogP contribution in [-0.4, -0.2) is 18.6 Å². The molecule has 0 heterocycles. The van der Waals surface area contributed by atoms with Gasteiger partial charge in [0.05, 0.1) is 18.1 Å². The van der Waals surface area contributed by atoms with Crippen LogP contribution in [0.4, 0.5) is 5.69 Å². The van der Waals surface area contributed by atoms with E-state index in [-0.39, 0.29) is 18.1 Å². The lowest BCUT2D eigenvalue weighted by Gasteiger charge is -2.11. The molecule has 0 fully saturated rings. The van der Waals surface area contributed by atoms with Crippen LogP contribution < -0.4 is 4.72 Å². The summed E-state index contributed by atoms with van der Waals surface area (Å²) in [6.45, 7) is -0.487. The number of aliphatic hydroxyl groups excluding tert-OH is 2. The Balaban J connectivity index is 2.30. The zero-order valence-electron chi connectivity index (χ0n) is 11.0. The Hall–Kier alpha value is -1.41. The predicted octanol–water partition coefficient (Wildman–Crippen LogP) is 2.23. The van der Waals surface area contributed by atoms with Gasteiger partial charge in [0.2, 0.25) is 0 Å². The number of nitrogens with one attached hydrogen (secondary N) is 1. The van der Waals surface area contributed by atoms with Gasteiger partial charge in [-0.2, -0.15) is 0 Å². The Kier molecular flexibility index (Phi) is 5.00. The Morgan fingerprint density at radius 1 is 0.952 bits per heavy atom. The lowest BCUT2D eigenvalue weighted by molar-refractivity contribution is 0.260. The van der Waals surface area contributed by atoms with E-state index in [0.717, 1.165) is 4.47 Å². The van der Waals surface area contributed by atoms with Crippen molar-refractivity contribution in [3.05, 3.63) is 58.1 Å². The van der Waals surface area contributed by atoms with Gasteiger partial charge in [-0.3, -0.25) is 4.72 Å². The summed E-state index contributed by atoms with van der Waals surface area (Å²) in [6, 6.07) is 10.9. The van der Waals surface area contributed by atoms with Crippen molar-refractivity contribution in [2.24, 2.45) is 0 Å². The van der Waals surface area contributed by atoms with Crippen molar-refractivity contribution in [3.8, 4) is 0 Å². The molecule has 0 unspecified atom stereocenters. The second-order valence-corrected chi connectivity index (χ2v) is 6.96. The Labute approximate surface area is 131 Å². The summed E-state index contributed by atoms with van der Waals surface area (Å²) in [5.74, 6) is 0. The molecule has 3 N–H and O–H groups in total. The van der Waals surface area contributed by atoms with E-state index in [4.69, 9.17) is 5.11 Å². The molecule has 21 heavy (non-hydrogen) atoms. The lowest BCUT2D eigenvalue weighted by atomic mass is 10.1. The molecule has 5 nitrogen and oxygen atoms in total. The zero-order chi connectivity index (χ0) is 15.5. The van der Waals surface area contributed by atoms with Gasteiger partial charge in [0, 0.05) is 10.2 Å². The van der Waals surface area contributed by atoms with Crippen LogP contribution in [0.1, 0.15) is 11.1 Å². The molecular formula is C14H14BrNO4S. The number of benzene rings is 2. The van der Waals surface area contributed by atoms with Crippen LogP contribution in [0, 0.1) is 0 Å². The highest BCUT2D eigenvalue weighted by atomic mass is 79.9. The first-order chi connectivity index (χ1) is 9.96. The van der Waals surface area contributed by atoms with Crippen LogP contribution in [-0.2, 0) is 23.2 Å². The van der Waals surface area contributed by atoms with E-state index < -0.39 is 10.0 Å². The van der Waals surface area contributed by atoms with E-state index >= 15 is 0 Å². The van der Waals surface area contributed by atoms with Gasteiger partial charge in [0.15, 0.2) is 0 Å². The molecule has 112 valence electrons. The average molecular weight is 372 g/mol. The summed E-state index contributed by atoms with van der Waals surface area (Å²) in [5, 5.41) is 18.3. The second kappa shape index (κ2) is 6.57. The molecule has 2 aromatic carbocycles. The predicted molar refractivity (Wildman–Crippen MR) is 83.2 cm³/mol. The number of halogens is 1. The first-order valence-electron chi connectivity index (χ1n) is 6.08. The molecule has 0 atom stereocenters. The molecule has 0 aliphatic rings. The van der Waals surface area contributed by atoms with Crippen molar-refractivity contribution < 1.29 is 18.6 Å². The fourth-order valence-corrected chi connectivity index (χ4v) is 3.13. The Morgan fingerprint density at radius 2 is 1.57 bits per heavy atom. The highest BCUT2D eigenvalue weighted by Gasteiger charge is 2.14. The van der Waals surface area contributed by atoms with Gasteiger partial charge >= 0.3 is 0 Å². The van der Waals surface area contributed by atoms with E-state index in [0.29, 0.717) is 16.8 Å². The molecule has 2 rings (SSSR count). The fraction of sp³-hybridized carbons (Fsp3) is 0.143. The van der Waals surface area contributed by atoms with Crippen LogP contribution in [0.3, 0.4) is 0 Å². The van der Waals surface area contributed by atoms with E-state index in [1.54, 1.807) is 24.3 Å². The second-order valence-electron chi connectivity index (χ2n) is 4.36. The highest BCUT2D eigenvalue weighted by Crippen LogP contribution is 2.21. The van der Waals surface area contributed by atoms with Crippen LogP contribution in [0.15, 0.2) is 51.8 Å². The van der Waals surface area contributed by atoms with Gasteiger partial charge in [-0.25, -0.2) is 8.42 Å². The van der Waals surface area contributed by atoms with E-state index in [1.165, 1.54) is 18.2 Å². The molecule has 0 saturated carbocycles. The van der Waals surface area contributed by atoms with Crippen molar-refractivity contribution in [1.29, 1.82) is 0 Å². The maximum Gasteiger partial charge on any atom is 0.261 e. The van der Waals surface area contributed by atoms with Crippen molar-refractivity contribution in [2.45, 2.75) is 18.1 Å². The van der Waals surface area contributed by atoms with E-state index in [2.05, 4.69) is 20.7 Å². The Bertz CT molecular complexity index is 729. The number of hydrogen-bond donors (Lipinski definition) is 3. The molecule has 0 saturated heterocycles. The minimum absolute atomic E-state index is 0.141.